The van der Waals surface area contributed by atoms with Gasteiger partial charge in [-0.25, -0.2) is 9.97 Å². The van der Waals surface area contributed by atoms with E-state index in [1.807, 2.05) is 12.3 Å². The number of hydrogen-bond acceptors (Lipinski definition) is 4. The van der Waals surface area contributed by atoms with Crippen molar-refractivity contribution in [3.05, 3.63) is 18.1 Å². The molecule has 1 fully saturated rings. The Labute approximate surface area is 128 Å². The van der Waals surface area contributed by atoms with E-state index < -0.39 is 0 Å². The first kappa shape index (κ1) is 16.2. The quantitative estimate of drug-likeness (QED) is 0.815. The lowest BCUT2D eigenvalue weighted by atomic mass is 9.83. The number of nitrogens with one attached hydrogen (secondary N) is 1. The van der Waals surface area contributed by atoms with Gasteiger partial charge in [-0.3, -0.25) is 0 Å². The Balaban J connectivity index is 1.76. The zero-order chi connectivity index (χ0) is 15.3. The van der Waals surface area contributed by atoms with Gasteiger partial charge in [0, 0.05) is 18.2 Å². The molecule has 1 aromatic rings. The summed E-state index contributed by atoms with van der Waals surface area (Å²) in [6.45, 7) is 7.27. The molecule has 0 aliphatic heterocycles. The van der Waals surface area contributed by atoms with E-state index in [1.165, 1.54) is 19.3 Å². The van der Waals surface area contributed by atoms with Crippen molar-refractivity contribution in [1.82, 2.24) is 9.97 Å². The standard InChI is InChI=1S/C17H29N3O/c1-17(2,3)16-19-12-10-15(20-16)18-11-6-8-13-7-4-5-9-14(13)21/h10,12-14,21H,4-9,11H2,1-3H3,(H,18,19,20). The summed E-state index contributed by atoms with van der Waals surface area (Å²) < 4.78 is 0. The molecule has 118 valence electrons. The maximum Gasteiger partial charge on any atom is 0.135 e. The van der Waals surface area contributed by atoms with E-state index in [-0.39, 0.29) is 11.5 Å². The monoisotopic (exact) mass is 291 g/mol. The Morgan fingerprint density at radius 1 is 1.29 bits per heavy atom. The average Bonchev–Trinajstić information content (AvgIpc) is 2.45. The number of anilines is 1. The van der Waals surface area contributed by atoms with Crippen molar-refractivity contribution in [3.63, 3.8) is 0 Å². The van der Waals surface area contributed by atoms with Gasteiger partial charge in [-0.2, -0.15) is 0 Å². The summed E-state index contributed by atoms with van der Waals surface area (Å²) in [4.78, 5) is 8.91. The van der Waals surface area contributed by atoms with Crippen LogP contribution in [0.3, 0.4) is 0 Å². The number of aromatic nitrogens is 2. The highest BCUT2D eigenvalue weighted by Gasteiger charge is 2.22. The van der Waals surface area contributed by atoms with Gasteiger partial charge in [0.25, 0.3) is 0 Å². The lowest BCUT2D eigenvalue weighted by molar-refractivity contribution is 0.0648. The Morgan fingerprint density at radius 2 is 2.05 bits per heavy atom. The van der Waals surface area contributed by atoms with E-state index >= 15 is 0 Å². The highest BCUT2D eigenvalue weighted by atomic mass is 16.3. The molecular formula is C17H29N3O. The van der Waals surface area contributed by atoms with Gasteiger partial charge in [0.2, 0.25) is 0 Å². The van der Waals surface area contributed by atoms with E-state index in [0.29, 0.717) is 5.92 Å². The van der Waals surface area contributed by atoms with Crippen LogP contribution in [-0.2, 0) is 5.41 Å². The van der Waals surface area contributed by atoms with Crippen molar-refractivity contribution < 1.29 is 5.11 Å². The molecule has 2 atom stereocenters. The molecule has 2 unspecified atom stereocenters. The van der Waals surface area contributed by atoms with Gasteiger partial charge in [-0.15, -0.1) is 0 Å². The smallest absolute Gasteiger partial charge is 0.135 e. The molecule has 4 heteroatoms. The predicted octanol–water partition coefficient (Wildman–Crippen LogP) is 3.52. The van der Waals surface area contributed by atoms with E-state index in [4.69, 9.17) is 0 Å². The summed E-state index contributed by atoms with van der Waals surface area (Å²) in [5.41, 5.74) is -0.0239. The molecule has 1 aliphatic carbocycles. The van der Waals surface area contributed by atoms with E-state index in [2.05, 4.69) is 36.1 Å². The molecule has 0 amide bonds. The van der Waals surface area contributed by atoms with Crippen LogP contribution in [0.5, 0.6) is 0 Å². The van der Waals surface area contributed by atoms with E-state index in [1.54, 1.807) is 0 Å². The van der Waals surface area contributed by atoms with Crippen molar-refractivity contribution in [2.75, 3.05) is 11.9 Å². The van der Waals surface area contributed by atoms with Gasteiger partial charge in [0.15, 0.2) is 0 Å². The molecule has 4 nitrogen and oxygen atoms in total. The normalized spacial score (nSPS) is 23.0. The molecule has 1 saturated carbocycles. The third-order valence-electron chi connectivity index (χ3n) is 4.25. The third-order valence-corrected chi connectivity index (χ3v) is 4.25. The molecule has 0 bridgehead atoms. The minimum atomic E-state index is -0.0784. The van der Waals surface area contributed by atoms with Gasteiger partial charge >= 0.3 is 0 Å². The summed E-state index contributed by atoms with van der Waals surface area (Å²) in [5, 5.41) is 13.3. The second-order valence-corrected chi connectivity index (χ2v) is 7.20. The highest BCUT2D eigenvalue weighted by molar-refractivity contribution is 5.33. The topological polar surface area (TPSA) is 58.0 Å². The van der Waals surface area contributed by atoms with Crippen LogP contribution in [0.4, 0.5) is 5.82 Å². The third kappa shape index (κ3) is 4.95. The highest BCUT2D eigenvalue weighted by Crippen LogP contribution is 2.27. The molecule has 0 radical (unpaired) electrons. The Hall–Kier alpha value is -1.16. The van der Waals surface area contributed by atoms with Crippen LogP contribution in [0.15, 0.2) is 12.3 Å². The number of rotatable bonds is 5. The molecule has 2 rings (SSSR count). The molecular weight excluding hydrogens is 262 g/mol. The van der Waals surface area contributed by atoms with Gasteiger partial charge in [-0.1, -0.05) is 33.6 Å². The van der Waals surface area contributed by atoms with Crippen molar-refractivity contribution in [3.8, 4) is 0 Å². The first-order valence-corrected chi connectivity index (χ1v) is 8.22. The fourth-order valence-corrected chi connectivity index (χ4v) is 2.92. The van der Waals surface area contributed by atoms with Crippen molar-refractivity contribution >= 4 is 5.82 Å². The van der Waals surface area contributed by atoms with Gasteiger partial charge in [0.05, 0.1) is 6.10 Å². The van der Waals surface area contributed by atoms with Crippen LogP contribution in [0.2, 0.25) is 0 Å². The number of hydrogen-bond donors (Lipinski definition) is 2. The molecule has 0 spiro atoms. The molecule has 1 aliphatic rings. The van der Waals surface area contributed by atoms with Gasteiger partial charge < -0.3 is 10.4 Å². The molecule has 0 aromatic carbocycles. The summed E-state index contributed by atoms with van der Waals surface area (Å²) in [6, 6.07) is 1.92. The van der Waals surface area contributed by atoms with Crippen LogP contribution in [0, 0.1) is 5.92 Å². The van der Waals surface area contributed by atoms with E-state index in [0.717, 1.165) is 37.4 Å². The SMILES string of the molecule is CC(C)(C)c1nccc(NCCCC2CCCCC2O)n1. The van der Waals surface area contributed by atoms with Crippen LogP contribution < -0.4 is 5.32 Å². The van der Waals surface area contributed by atoms with Crippen molar-refractivity contribution in [1.29, 1.82) is 0 Å². The summed E-state index contributed by atoms with van der Waals surface area (Å²) in [5.74, 6) is 2.27. The minimum Gasteiger partial charge on any atom is -0.393 e. The molecule has 21 heavy (non-hydrogen) atoms. The zero-order valence-electron chi connectivity index (χ0n) is 13.6. The van der Waals surface area contributed by atoms with E-state index in [9.17, 15) is 5.11 Å². The average molecular weight is 291 g/mol. The molecule has 1 heterocycles. The fraction of sp³-hybridized carbons (Fsp3) is 0.765. The van der Waals surface area contributed by atoms with Crippen LogP contribution >= 0.6 is 0 Å². The number of nitrogens with zero attached hydrogens (tertiary/aromatic N) is 2. The fourth-order valence-electron chi connectivity index (χ4n) is 2.92. The molecule has 2 N–H and O–H groups in total. The van der Waals surface area contributed by atoms with Crippen LogP contribution in [-0.4, -0.2) is 27.7 Å². The second kappa shape index (κ2) is 7.21. The molecule has 0 saturated heterocycles. The maximum atomic E-state index is 9.97. The summed E-state index contributed by atoms with van der Waals surface area (Å²) in [6.07, 6.45) is 8.55. The van der Waals surface area contributed by atoms with Gasteiger partial charge in [-0.05, 0) is 37.7 Å². The Morgan fingerprint density at radius 3 is 2.76 bits per heavy atom. The predicted molar refractivity (Wildman–Crippen MR) is 86.4 cm³/mol. The zero-order valence-corrected chi connectivity index (χ0v) is 13.6. The first-order chi connectivity index (χ1) is 9.97. The first-order valence-electron chi connectivity index (χ1n) is 8.22. The number of aliphatic hydroxyl groups is 1. The number of aliphatic hydroxyl groups excluding tert-OH is 1. The van der Waals surface area contributed by atoms with Crippen LogP contribution in [0.25, 0.3) is 0 Å². The van der Waals surface area contributed by atoms with Crippen molar-refractivity contribution in [2.45, 2.75) is 70.8 Å². The largest absolute Gasteiger partial charge is 0.393 e. The van der Waals surface area contributed by atoms with Crippen molar-refractivity contribution in [2.24, 2.45) is 5.92 Å². The summed E-state index contributed by atoms with van der Waals surface area (Å²) in [7, 11) is 0. The second-order valence-electron chi connectivity index (χ2n) is 7.20. The minimum absolute atomic E-state index is 0.0239. The maximum absolute atomic E-state index is 9.97. The lowest BCUT2D eigenvalue weighted by Crippen LogP contribution is -2.25. The Bertz CT molecular complexity index is 442. The lowest BCUT2D eigenvalue weighted by Gasteiger charge is -2.27. The van der Waals surface area contributed by atoms with Crippen LogP contribution in [0.1, 0.15) is 65.1 Å². The molecule has 1 aromatic heterocycles. The van der Waals surface area contributed by atoms with Gasteiger partial charge in [0.1, 0.15) is 11.6 Å². The summed E-state index contributed by atoms with van der Waals surface area (Å²) >= 11 is 0. The Kier molecular flexibility index (Phi) is 5.57.